The number of rotatable bonds is 6. The first-order valence-electron chi connectivity index (χ1n) is 13.8. The maximum Gasteiger partial charge on any atom is 0.0463 e. The van der Waals surface area contributed by atoms with Crippen LogP contribution in [0.5, 0.6) is 0 Å². The van der Waals surface area contributed by atoms with Gasteiger partial charge in [0.05, 0.1) is 0 Å². The largest absolute Gasteiger partial charge is 0.355 e. The van der Waals surface area contributed by atoms with Gasteiger partial charge in [0, 0.05) is 16.9 Å². The lowest BCUT2D eigenvalue weighted by Crippen LogP contribution is -1.94. The molecule has 7 aromatic carbocycles. The van der Waals surface area contributed by atoms with Gasteiger partial charge in [0.15, 0.2) is 0 Å². The Balaban J connectivity index is 1.14. The van der Waals surface area contributed by atoms with E-state index in [0.717, 1.165) is 17.8 Å². The molecule has 0 bridgehead atoms. The molecule has 40 heavy (non-hydrogen) atoms. The van der Waals surface area contributed by atoms with E-state index in [0.29, 0.717) is 0 Å². The number of allylic oxidation sites excluding steroid dienone is 1. The smallest absolute Gasteiger partial charge is 0.0463 e. The van der Waals surface area contributed by atoms with E-state index < -0.39 is 0 Å². The minimum atomic E-state index is 0.866. The van der Waals surface area contributed by atoms with Crippen molar-refractivity contribution in [1.29, 1.82) is 0 Å². The van der Waals surface area contributed by atoms with Crippen LogP contribution in [0.25, 0.3) is 49.5 Å². The molecule has 0 unspecified atom stereocenters. The summed E-state index contributed by atoms with van der Waals surface area (Å²) in [5, 5.41) is 11.4. The summed E-state index contributed by atoms with van der Waals surface area (Å²) in [4.78, 5) is 0. The SMILES string of the molecule is C(=C\c1cccc2c1ccc1cc3ccccc3cc12)/Cc1cccc(Nc2ccccc2-c2ccccc2)c1. The summed E-state index contributed by atoms with van der Waals surface area (Å²) in [7, 11) is 0. The van der Waals surface area contributed by atoms with Crippen molar-refractivity contribution in [2.45, 2.75) is 6.42 Å². The van der Waals surface area contributed by atoms with E-state index in [1.807, 2.05) is 0 Å². The number of benzene rings is 7. The van der Waals surface area contributed by atoms with Crippen molar-refractivity contribution in [3.63, 3.8) is 0 Å². The molecule has 7 rings (SSSR count). The van der Waals surface area contributed by atoms with Gasteiger partial charge in [0.25, 0.3) is 0 Å². The van der Waals surface area contributed by atoms with Crippen molar-refractivity contribution in [1.82, 2.24) is 0 Å². The van der Waals surface area contributed by atoms with Gasteiger partial charge in [0.1, 0.15) is 0 Å². The molecule has 0 aliphatic carbocycles. The van der Waals surface area contributed by atoms with Crippen molar-refractivity contribution in [3.05, 3.63) is 163 Å². The zero-order valence-corrected chi connectivity index (χ0v) is 22.2. The minimum absolute atomic E-state index is 0.866. The zero-order valence-electron chi connectivity index (χ0n) is 22.2. The number of para-hydroxylation sites is 1. The van der Waals surface area contributed by atoms with Crippen LogP contribution in [-0.2, 0) is 6.42 Å². The Labute approximate surface area is 235 Å². The van der Waals surface area contributed by atoms with Gasteiger partial charge in [-0.3, -0.25) is 0 Å². The van der Waals surface area contributed by atoms with E-state index in [9.17, 15) is 0 Å². The van der Waals surface area contributed by atoms with Crippen LogP contribution >= 0.6 is 0 Å². The summed E-state index contributed by atoms with van der Waals surface area (Å²) in [6.07, 6.45) is 5.40. The molecule has 0 heterocycles. The number of nitrogens with one attached hydrogen (secondary N) is 1. The van der Waals surface area contributed by atoms with Crippen LogP contribution in [-0.4, -0.2) is 0 Å². The highest BCUT2D eigenvalue weighted by molar-refractivity contribution is 6.13. The highest BCUT2D eigenvalue weighted by atomic mass is 14.9. The minimum Gasteiger partial charge on any atom is -0.355 e. The molecule has 0 aromatic heterocycles. The van der Waals surface area contributed by atoms with Crippen LogP contribution in [0.3, 0.4) is 0 Å². The second-order valence-electron chi connectivity index (χ2n) is 10.3. The van der Waals surface area contributed by atoms with Gasteiger partial charge in [-0.1, -0.05) is 127 Å². The van der Waals surface area contributed by atoms with Gasteiger partial charge in [-0.05, 0) is 85.8 Å². The molecule has 7 aromatic rings. The number of hydrogen-bond donors (Lipinski definition) is 1. The van der Waals surface area contributed by atoms with E-state index in [1.165, 1.54) is 54.6 Å². The van der Waals surface area contributed by atoms with Crippen molar-refractivity contribution in [3.8, 4) is 11.1 Å². The quantitative estimate of drug-likeness (QED) is 0.173. The molecular weight excluding hydrogens is 482 g/mol. The Hall–Kier alpha value is -5.14. The molecule has 0 atom stereocenters. The molecule has 0 aliphatic rings. The van der Waals surface area contributed by atoms with Gasteiger partial charge in [-0.2, -0.15) is 0 Å². The van der Waals surface area contributed by atoms with Crippen LogP contribution < -0.4 is 5.32 Å². The molecule has 1 N–H and O–H groups in total. The van der Waals surface area contributed by atoms with Crippen LogP contribution in [0.4, 0.5) is 11.4 Å². The van der Waals surface area contributed by atoms with E-state index in [-0.39, 0.29) is 0 Å². The second-order valence-corrected chi connectivity index (χ2v) is 10.3. The lowest BCUT2D eigenvalue weighted by Gasteiger charge is -2.13. The molecular formula is C39H29N. The zero-order chi connectivity index (χ0) is 26.7. The monoisotopic (exact) mass is 511 g/mol. The Kier molecular flexibility index (Phi) is 6.32. The molecule has 0 spiro atoms. The lowest BCUT2D eigenvalue weighted by atomic mass is 9.95. The highest BCUT2D eigenvalue weighted by Gasteiger charge is 2.07. The first kappa shape index (κ1) is 23.9. The molecule has 0 radical (unpaired) electrons. The third-order valence-electron chi connectivity index (χ3n) is 7.65. The molecule has 0 aliphatic heterocycles. The summed E-state index contributed by atoms with van der Waals surface area (Å²) < 4.78 is 0. The maximum absolute atomic E-state index is 3.65. The Morgan fingerprint density at radius 3 is 2.17 bits per heavy atom. The normalized spacial score (nSPS) is 11.5. The van der Waals surface area contributed by atoms with Crippen molar-refractivity contribution in [2.75, 3.05) is 5.32 Å². The van der Waals surface area contributed by atoms with Crippen molar-refractivity contribution < 1.29 is 0 Å². The molecule has 0 amide bonds. The summed E-state index contributed by atoms with van der Waals surface area (Å²) in [6.45, 7) is 0. The Morgan fingerprint density at radius 1 is 0.500 bits per heavy atom. The van der Waals surface area contributed by atoms with Crippen LogP contribution in [0.15, 0.2) is 152 Å². The molecule has 0 saturated heterocycles. The molecule has 1 nitrogen and oxygen atoms in total. The van der Waals surface area contributed by atoms with E-state index in [4.69, 9.17) is 0 Å². The predicted molar refractivity (Wildman–Crippen MR) is 173 cm³/mol. The molecule has 190 valence electrons. The summed E-state index contributed by atoms with van der Waals surface area (Å²) in [6, 6.07) is 52.1. The fourth-order valence-electron chi connectivity index (χ4n) is 5.67. The Bertz CT molecular complexity index is 2000. The molecule has 0 fully saturated rings. The number of anilines is 2. The van der Waals surface area contributed by atoms with Gasteiger partial charge in [-0.25, -0.2) is 0 Å². The van der Waals surface area contributed by atoms with E-state index in [2.05, 4.69) is 163 Å². The first-order valence-corrected chi connectivity index (χ1v) is 13.8. The van der Waals surface area contributed by atoms with E-state index >= 15 is 0 Å². The average Bonchev–Trinajstić information content (AvgIpc) is 3.01. The van der Waals surface area contributed by atoms with Crippen molar-refractivity contribution >= 4 is 49.8 Å². The maximum atomic E-state index is 3.65. The fraction of sp³-hybridized carbons (Fsp3) is 0.0256. The average molecular weight is 512 g/mol. The van der Waals surface area contributed by atoms with Gasteiger partial charge in [-0.15, -0.1) is 0 Å². The lowest BCUT2D eigenvalue weighted by molar-refractivity contribution is 1.28. The summed E-state index contributed by atoms with van der Waals surface area (Å²) in [5.41, 5.74) is 7.13. The number of hydrogen-bond acceptors (Lipinski definition) is 1. The van der Waals surface area contributed by atoms with E-state index in [1.54, 1.807) is 0 Å². The second kappa shape index (κ2) is 10.6. The molecule has 1 heteroatoms. The standard InChI is InChI=1S/C39H29N/c1-2-13-30(14-3-1)36-20-6-7-22-39(36)40-34-19-9-12-28(25-34)11-8-17-29-18-10-21-37-35(29)24-23-33-26-31-15-4-5-16-32(31)27-38(33)37/h1-10,12-27,40H,11H2/b17-8+. The number of fused-ring (bicyclic) bond motifs is 4. The van der Waals surface area contributed by atoms with Crippen LogP contribution in [0.2, 0.25) is 0 Å². The van der Waals surface area contributed by atoms with Gasteiger partial charge >= 0.3 is 0 Å². The molecule has 0 saturated carbocycles. The van der Waals surface area contributed by atoms with Crippen LogP contribution in [0.1, 0.15) is 11.1 Å². The topological polar surface area (TPSA) is 12.0 Å². The van der Waals surface area contributed by atoms with Crippen LogP contribution in [0, 0.1) is 0 Å². The third-order valence-corrected chi connectivity index (χ3v) is 7.65. The van der Waals surface area contributed by atoms with Gasteiger partial charge < -0.3 is 5.32 Å². The summed E-state index contributed by atoms with van der Waals surface area (Å²) >= 11 is 0. The first-order chi connectivity index (χ1) is 19.8. The Morgan fingerprint density at radius 2 is 1.27 bits per heavy atom. The van der Waals surface area contributed by atoms with Gasteiger partial charge in [0.2, 0.25) is 0 Å². The summed E-state index contributed by atoms with van der Waals surface area (Å²) in [5.74, 6) is 0. The third kappa shape index (κ3) is 4.74. The van der Waals surface area contributed by atoms with Crippen molar-refractivity contribution in [2.24, 2.45) is 0 Å². The predicted octanol–water partition coefficient (Wildman–Crippen LogP) is 10.8. The highest BCUT2D eigenvalue weighted by Crippen LogP contribution is 2.32. The fourth-order valence-corrected chi connectivity index (χ4v) is 5.67.